The Kier molecular flexibility index (Phi) is 5.16. The summed E-state index contributed by atoms with van der Waals surface area (Å²) in [7, 11) is 0. The molecule has 0 aliphatic carbocycles. The molecule has 1 saturated heterocycles. The van der Waals surface area contributed by atoms with Crippen molar-refractivity contribution in [1.82, 2.24) is 9.88 Å². The fourth-order valence-electron chi connectivity index (χ4n) is 2.91. The minimum atomic E-state index is -0.619. The first-order chi connectivity index (χ1) is 13.9. The predicted molar refractivity (Wildman–Crippen MR) is 107 cm³/mol. The van der Waals surface area contributed by atoms with Crippen LogP contribution in [0.15, 0.2) is 36.5 Å². The number of likely N-dealkylation sites (tertiary alicyclic amines) is 1. The number of ether oxygens (including phenoxy) is 1. The molecule has 2 amide bonds. The van der Waals surface area contributed by atoms with Crippen molar-refractivity contribution in [2.24, 2.45) is 0 Å². The van der Waals surface area contributed by atoms with E-state index in [1.54, 1.807) is 30.0 Å². The Labute approximate surface area is 169 Å². The summed E-state index contributed by atoms with van der Waals surface area (Å²) in [5, 5.41) is 12.0. The average Bonchev–Trinajstić information content (AvgIpc) is 3.12. The number of nitrogens with zero attached hydrogens (tertiary/aromatic N) is 2. The molecule has 1 aromatic carbocycles. The number of anilines is 1. The highest BCUT2D eigenvalue weighted by molar-refractivity contribution is 7.21. The Balaban J connectivity index is 1.58. The summed E-state index contributed by atoms with van der Waals surface area (Å²) in [4.78, 5) is 30.2. The smallest absolute Gasteiger partial charge is 0.264 e. The van der Waals surface area contributed by atoms with Crippen molar-refractivity contribution in [3.63, 3.8) is 0 Å². The van der Waals surface area contributed by atoms with E-state index in [0.29, 0.717) is 46.0 Å². The first-order valence-corrected chi connectivity index (χ1v) is 9.89. The lowest BCUT2D eigenvalue weighted by Crippen LogP contribution is -2.53. The molecule has 9 heteroatoms. The van der Waals surface area contributed by atoms with Gasteiger partial charge in [-0.25, -0.2) is 4.39 Å². The highest BCUT2D eigenvalue weighted by atomic mass is 32.1. The number of carbonyl (C=O) groups is 2. The first kappa shape index (κ1) is 19.3. The molecule has 150 valence electrons. The number of β-amino-alcohol motifs (C(OH)–C–C–N with tert-alkyl or cyclic N) is 1. The number of halogens is 1. The summed E-state index contributed by atoms with van der Waals surface area (Å²) in [6.07, 6.45) is 1.35. The molecular weight excluding hydrogens is 397 g/mol. The number of aliphatic hydroxyl groups is 1. The fourth-order valence-corrected chi connectivity index (χ4v) is 3.94. The molecule has 1 fully saturated rings. The number of nitrogens with one attached hydrogen (secondary N) is 1. The number of rotatable bonds is 5. The van der Waals surface area contributed by atoms with Gasteiger partial charge in [0.2, 0.25) is 5.91 Å². The topological polar surface area (TPSA) is 91.8 Å². The van der Waals surface area contributed by atoms with Crippen LogP contribution in [0.5, 0.6) is 11.5 Å². The van der Waals surface area contributed by atoms with Crippen LogP contribution in [0, 0.1) is 5.82 Å². The maximum atomic E-state index is 14.4. The van der Waals surface area contributed by atoms with Gasteiger partial charge in [-0.15, -0.1) is 11.3 Å². The first-order valence-electron chi connectivity index (χ1n) is 9.07. The van der Waals surface area contributed by atoms with Crippen LogP contribution in [0.25, 0.3) is 10.2 Å². The van der Waals surface area contributed by atoms with E-state index in [2.05, 4.69) is 10.3 Å². The lowest BCUT2D eigenvalue weighted by Gasteiger charge is -2.35. The van der Waals surface area contributed by atoms with Crippen LogP contribution < -0.4 is 10.1 Å². The normalized spacial score (nSPS) is 14.0. The van der Waals surface area contributed by atoms with Gasteiger partial charge < -0.3 is 20.1 Å². The van der Waals surface area contributed by atoms with E-state index >= 15 is 0 Å². The summed E-state index contributed by atoms with van der Waals surface area (Å²) in [5.74, 6) is -0.622. The monoisotopic (exact) mass is 415 g/mol. The molecule has 0 unspecified atom stereocenters. The van der Waals surface area contributed by atoms with Crippen LogP contribution in [0.3, 0.4) is 0 Å². The lowest BCUT2D eigenvalue weighted by molar-refractivity contribution is -0.115. The van der Waals surface area contributed by atoms with Crippen molar-refractivity contribution < 1.29 is 23.8 Å². The molecule has 0 saturated carbocycles. The Morgan fingerprint density at radius 2 is 2.10 bits per heavy atom. The van der Waals surface area contributed by atoms with Gasteiger partial charge in [0.25, 0.3) is 5.91 Å². The van der Waals surface area contributed by atoms with Gasteiger partial charge in [-0.1, -0.05) is 6.92 Å². The number of benzene rings is 1. The zero-order valence-electron chi connectivity index (χ0n) is 15.5. The van der Waals surface area contributed by atoms with Gasteiger partial charge in [0, 0.05) is 43.5 Å². The van der Waals surface area contributed by atoms with Gasteiger partial charge in [0.15, 0.2) is 11.6 Å². The molecule has 2 N–H and O–H groups in total. The number of aliphatic hydroxyl groups excluding tert-OH is 1. The lowest BCUT2D eigenvalue weighted by atomic mass is 10.1. The number of thiophene rings is 1. The van der Waals surface area contributed by atoms with Crippen molar-refractivity contribution >= 4 is 39.1 Å². The maximum Gasteiger partial charge on any atom is 0.264 e. The molecule has 29 heavy (non-hydrogen) atoms. The SMILES string of the molecule is CCC(=O)Nc1ccc(Oc2ccnc3cc(C(=O)N4CC(O)C4)sc23)c(F)c1. The van der Waals surface area contributed by atoms with Gasteiger partial charge in [-0.2, -0.15) is 0 Å². The van der Waals surface area contributed by atoms with Gasteiger partial charge in [0.05, 0.1) is 21.2 Å². The minimum absolute atomic E-state index is 0.000797. The molecular formula is C20H18FN3O4S. The zero-order chi connectivity index (χ0) is 20.5. The number of amides is 2. The van der Waals surface area contributed by atoms with Crippen molar-refractivity contribution in [3.05, 3.63) is 47.2 Å². The van der Waals surface area contributed by atoms with E-state index in [4.69, 9.17) is 4.74 Å². The van der Waals surface area contributed by atoms with E-state index in [-0.39, 0.29) is 17.6 Å². The van der Waals surface area contributed by atoms with Crippen LogP contribution in [-0.4, -0.2) is 46.0 Å². The molecule has 3 aromatic rings. The van der Waals surface area contributed by atoms with E-state index < -0.39 is 11.9 Å². The summed E-state index contributed by atoms with van der Waals surface area (Å²) >= 11 is 1.21. The third-order valence-electron chi connectivity index (χ3n) is 4.49. The molecule has 0 atom stereocenters. The van der Waals surface area contributed by atoms with Gasteiger partial charge in [0.1, 0.15) is 5.75 Å². The van der Waals surface area contributed by atoms with Crippen LogP contribution in [0.1, 0.15) is 23.0 Å². The predicted octanol–water partition coefficient (Wildman–Crippen LogP) is 3.39. The van der Waals surface area contributed by atoms with Crippen molar-refractivity contribution in [3.8, 4) is 11.5 Å². The largest absolute Gasteiger partial charge is 0.453 e. The van der Waals surface area contributed by atoms with Crippen LogP contribution >= 0.6 is 11.3 Å². The Hall–Kier alpha value is -3.04. The highest BCUT2D eigenvalue weighted by Crippen LogP contribution is 2.36. The summed E-state index contributed by atoms with van der Waals surface area (Å²) < 4.78 is 20.8. The molecule has 4 rings (SSSR count). The molecule has 0 bridgehead atoms. The summed E-state index contributed by atoms with van der Waals surface area (Å²) in [6.45, 7) is 2.34. The van der Waals surface area contributed by atoms with Crippen molar-refractivity contribution in [1.29, 1.82) is 0 Å². The van der Waals surface area contributed by atoms with E-state index in [1.807, 2.05) is 0 Å². The van der Waals surface area contributed by atoms with Crippen molar-refractivity contribution in [2.75, 3.05) is 18.4 Å². The average molecular weight is 415 g/mol. The van der Waals surface area contributed by atoms with Gasteiger partial charge in [-0.3, -0.25) is 14.6 Å². The van der Waals surface area contributed by atoms with E-state index in [9.17, 15) is 19.1 Å². The molecule has 1 aliphatic rings. The van der Waals surface area contributed by atoms with Gasteiger partial charge >= 0.3 is 0 Å². The molecule has 2 aromatic heterocycles. The second-order valence-electron chi connectivity index (χ2n) is 6.65. The standard InChI is InChI=1S/C20H18FN3O4S/c1-2-18(26)23-11-3-4-15(13(21)7-11)28-16-5-6-22-14-8-17(29-19(14)16)20(27)24-9-12(25)10-24/h3-8,12,25H,2,9-10H2,1H3,(H,23,26). The van der Waals surface area contributed by atoms with Crippen molar-refractivity contribution in [2.45, 2.75) is 19.4 Å². The zero-order valence-corrected chi connectivity index (χ0v) is 16.3. The summed E-state index contributed by atoms with van der Waals surface area (Å²) in [6, 6.07) is 7.46. The number of carbonyl (C=O) groups excluding carboxylic acids is 2. The highest BCUT2D eigenvalue weighted by Gasteiger charge is 2.30. The second kappa shape index (κ2) is 7.76. The van der Waals surface area contributed by atoms with E-state index in [1.165, 1.54) is 29.7 Å². The summed E-state index contributed by atoms with van der Waals surface area (Å²) in [5.41, 5.74) is 0.923. The third kappa shape index (κ3) is 3.92. The fraction of sp³-hybridized carbons (Fsp3) is 0.250. The van der Waals surface area contributed by atoms with Crippen LogP contribution in [0.4, 0.5) is 10.1 Å². The van der Waals surface area contributed by atoms with Crippen LogP contribution in [-0.2, 0) is 4.79 Å². The second-order valence-corrected chi connectivity index (χ2v) is 7.70. The Bertz CT molecular complexity index is 1090. The van der Waals surface area contributed by atoms with Gasteiger partial charge in [-0.05, 0) is 18.2 Å². The quantitative estimate of drug-likeness (QED) is 0.667. The molecule has 3 heterocycles. The number of aromatic nitrogens is 1. The molecule has 7 nitrogen and oxygen atoms in total. The molecule has 0 radical (unpaired) electrons. The number of fused-ring (bicyclic) bond motifs is 1. The van der Waals surface area contributed by atoms with E-state index in [0.717, 1.165) is 0 Å². The van der Waals surface area contributed by atoms with Crippen LogP contribution in [0.2, 0.25) is 0 Å². The maximum absolute atomic E-state index is 14.4. The number of pyridine rings is 1. The Morgan fingerprint density at radius 3 is 2.79 bits per heavy atom. The third-order valence-corrected chi connectivity index (χ3v) is 5.62. The number of hydrogen-bond acceptors (Lipinski definition) is 6. The molecule has 0 spiro atoms. The number of hydrogen-bond donors (Lipinski definition) is 2. The Morgan fingerprint density at radius 1 is 1.31 bits per heavy atom. The molecule has 1 aliphatic heterocycles. The minimum Gasteiger partial charge on any atom is -0.453 e.